The lowest BCUT2D eigenvalue weighted by atomic mass is 9.96. The third-order valence-corrected chi connectivity index (χ3v) is 5.62. The zero-order valence-corrected chi connectivity index (χ0v) is 15.9. The number of imide groups is 1. The van der Waals surface area contributed by atoms with Gasteiger partial charge in [-0.15, -0.1) is 0 Å². The predicted octanol–water partition coefficient (Wildman–Crippen LogP) is 3.58. The molecule has 2 aromatic rings. The molecule has 3 rings (SSSR count). The van der Waals surface area contributed by atoms with Crippen LogP contribution in [0.25, 0.3) is 10.9 Å². The van der Waals surface area contributed by atoms with E-state index in [1.54, 1.807) is 6.92 Å². The Morgan fingerprint density at radius 1 is 1.15 bits per heavy atom. The zero-order chi connectivity index (χ0) is 18.5. The molecule has 138 valence electrons. The largest absolute Gasteiger partial charge is 0.335 e. The standard InChI is InChI=1S/C19H24N4O2S/c1-12(17(24)23-19(25)22-14-8-4-3-5-9-14)26-18-15-10-6-7-11-16(15)20-13(2)21-18/h6-7,10-12,14H,3-5,8-9H2,1-2H3,(H2,22,23,24,25)/t12-/m1/s1. The van der Waals surface area contributed by atoms with Crippen molar-refractivity contribution >= 4 is 34.6 Å². The van der Waals surface area contributed by atoms with Gasteiger partial charge in [0.2, 0.25) is 5.91 Å². The Hall–Kier alpha value is -2.15. The first-order valence-corrected chi connectivity index (χ1v) is 9.92. The maximum Gasteiger partial charge on any atom is 0.321 e. The summed E-state index contributed by atoms with van der Waals surface area (Å²) in [5.74, 6) is 0.345. The number of fused-ring (bicyclic) bond motifs is 1. The summed E-state index contributed by atoms with van der Waals surface area (Å²) in [6.07, 6.45) is 5.45. The van der Waals surface area contributed by atoms with Crippen LogP contribution in [0.1, 0.15) is 44.9 Å². The highest BCUT2D eigenvalue weighted by Crippen LogP contribution is 2.28. The van der Waals surface area contributed by atoms with E-state index in [0.29, 0.717) is 5.82 Å². The molecule has 3 amide bonds. The van der Waals surface area contributed by atoms with E-state index in [4.69, 9.17) is 0 Å². The molecule has 0 saturated heterocycles. The van der Waals surface area contributed by atoms with Crippen molar-refractivity contribution in [3.8, 4) is 0 Å². The molecule has 0 radical (unpaired) electrons. The van der Waals surface area contributed by atoms with E-state index in [1.165, 1.54) is 18.2 Å². The van der Waals surface area contributed by atoms with Crippen LogP contribution < -0.4 is 10.6 Å². The molecule has 2 N–H and O–H groups in total. The van der Waals surface area contributed by atoms with Crippen molar-refractivity contribution < 1.29 is 9.59 Å². The minimum Gasteiger partial charge on any atom is -0.335 e. The molecule has 0 unspecified atom stereocenters. The summed E-state index contributed by atoms with van der Waals surface area (Å²) < 4.78 is 0. The molecule has 1 aliphatic carbocycles. The molecular weight excluding hydrogens is 348 g/mol. The number of benzene rings is 1. The lowest BCUT2D eigenvalue weighted by Crippen LogP contribution is -2.47. The number of nitrogens with one attached hydrogen (secondary N) is 2. The van der Waals surface area contributed by atoms with Gasteiger partial charge in [0, 0.05) is 11.4 Å². The number of carbonyl (C=O) groups excluding carboxylic acids is 2. The highest BCUT2D eigenvalue weighted by atomic mass is 32.2. The monoisotopic (exact) mass is 372 g/mol. The first-order chi connectivity index (χ1) is 12.5. The second kappa shape index (κ2) is 8.49. The number of carbonyl (C=O) groups is 2. The normalized spacial score (nSPS) is 16.2. The number of amides is 3. The first-order valence-electron chi connectivity index (χ1n) is 9.04. The molecule has 1 saturated carbocycles. The number of thioether (sulfide) groups is 1. The second-order valence-corrected chi connectivity index (χ2v) is 7.98. The molecule has 0 aliphatic heterocycles. The van der Waals surface area contributed by atoms with Gasteiger partial charge in [0.25, 0.3) is 0 Å². The van der Waals surface area contributed by atoms with Crippen LogP contribution in [0.2, 0.25) is 0 Å². The molecule has 26 heavy (non-hydrogen) atoms. The molecule has 1 atom stereocenters. The van der Waals surface area contributed by atoms with Crippen LogP contribution in [0.4, 0.5) is 4.79 Å². The van der Waals surface area contributed by atoms with Gasteiger partial charge in [-0.2, -0.15) is 0 Å². The van der Waals surface area contributed by atoms with Gasteiger partial charge < -0.3 is 5.32 Å². The van der Waals surface area contributed by atoms with E-state index < -0.39 is 11.3 Å². The topological polar surface area (TPSA) is 84.0 Å². The summed E-state index contributed by atoms with van der Waals surface area (Å²) >= 11 is 1.34. The van der Waals surface area contributed by atoms with Crippen molar-refractivity contribution in [1.29, 1.82) is 0 Å². The van der Waals surface area contributed by atoms with Gasteiger partial charge in [0.15, 0.2) is 0 Å². The number of rotatable bonds is 4. The molecule has 1 heterocycles. The fraction of sp³-hybridized carbons (Fsp3) is 0.474. The number of aromatic nitrogens is 2. The average molecular weight is 372 g/mol. The van der Waals surface area contributed by atoms with E-state index in [1.807, 2.05) is 31.2 Å². The maximum atomic E-state index is 12.4. The van der Waals surface area contributed by atoms with Gasteiger partial charge in [0.05, 0.1) is 10.8 Å². The third-order valence-electron chi connectivity index (χ3n) is 4.51. The number of para-hydroxylation sites is 1. The highest BCUT2D eigenvalue weighted by Gasteiger charge is 2.21. The van der Waals surface area contributed by atoms with Crippen molar-refractivity contribution in [2.75, 3.05) is 0 Å². The zero-order valence-electron chi connectivity index (χ0n) is 15.1. The smallest absolute Gasteiger partial charge is 0.321 e. The molecule has 1 aromatic heterocycles. The van der Waals surface area contributed by atoms with Gasteiger partial charge in [0.1, 0.15) is 10.9 Å². The molecule has 1 fully saturated rings. The summed E-state index contributed by atoms with van der Waals surface area (Å²) in [7, 11) is 0. The fourth-order valence-electron chi connectivity index (χ4n) is 3.15. The van der Waals surface area contributed by atoms with Crippen LogP contribution in [0, 0.1) is 6.92 Å². The van der Waals surface area contributed by atoms with Crippen molar-refractivity contribution in [2.24, 2.45) is 0 Å². The van der Waals surface area contributed by atoms with E-state index in [0.717, 1.165) is 41.6 Å². The van der Waals surface area contributed by atoms with E-state index in [2.05, 4.69) is 20.6 Å². The van der Waals surface area contributed by atoms with Crippen molar-refractivity contribution in [2.45, 2.75) is 62.3 Å². The van der Waals surface area contributed by atoms with Crippen LogP contribution in [-0.4, -0.2) is 33.2 Å². The number of aryl methyl sites for hydroxylation is 1. The van der Waals surface area contributed by atoms with Gasteiger partial charge in [-0.05, 0) is 32.8 Å². The van der Waals surface area contributed by atoms with Gasteiger partial charge >= 0.3 is 6.03 Å². The molecule has 0 spiro atoms. The Labute approximate surface area is 157 Å². The van der Waals surface area contributed by atoms with Crippen LogP contribution in [0.5, 0.6) is 0 Å². The fourth-order valence-corrected chi connectivity index (χ4v) is 4.14. The quantitative estimate of drug-likeness (QED) is 0.633. The van der Waals surface area contributed by atoms with Crippen molar-refractivity contribution in [3.05, 3.63) is 30.1 Å². The van der Waals surface area contributed by atoms with Gasteiger partial charge in [-0.25, -0.2) is 14.8 Å². The number of hydrogen-bond acceptors (Lipinski definition) is 5. The van der Waals surface area contributed by atoms with Gasteiger partial charge in [-0.1, -0.05) is 49.2 Å². The van der Waals surface area contributed by atoms with Crippen LogP contribution in [0.15, 0.2) is 29.3 Å². The minimum absolute atomic E-state index is 0.174. The molecule has 7 heteroatoms. The van der Waals surface area contributed by atoms with E-state index in [-0.39, 0.29) is 11.9 Å². The maximum absolute atomic E-state index is 12.4. The minimum atomic E-state index is -0.440. The molecular formula is C19H24N4O2S. The molecule has 0 bridgehead atoms. The molecule has 1 aliphatic rings. The summed E-state index contributed by atoms with van der Waals surface area (Å²) in [5.41, 5.74) is 0.852. The highest BCUT2D eigenvalue weighted by molar-refractivity contribution is 8.00. The lowest BCUT2D eigenvalue weighted by molar-refractivity contribution is -0.119. The Balaban J connectivity index is 1.61. The number of hydrogen-bond donors (Lipinski definition) is 2. The van der Waals surface area contributed by atoms with Crippen molar-refractivity contribution in [1.82, 2.24) is 20.6 Å². The number of urea groups is 1. The Morgan fingerprint density at radius 3 is 2.65 bits per heavy atom. The summed E-state index contributed by atoms with van der Waals surface area (Å²) in [4.78, 5) is 33.3. The van der Waals surface area contributed by atoms with E-state index >= 15 is 0 Å². The molecule has 1 aromatic carbocycles. The Morgan fingerprint density at radius 2 is 1.88 bits per heavy atom. The van der Waals surface area contributed by atoms with Crippen LogP contribution in [0.3, 0.4) is 0 Å². The second-order valence-electron chi connectivity index (χ2n) is 6.65. The SMILES string of the molecule is Cc1nc(S[C@H](C)C(=O)NC(=O)NC2CCCCC2)c2ccccc2n1. The van der Waals surface area contributed by atoms with Crippen LogP contribution >= 0.6 is 11.8 Å². The predicted molar refractivity (Wildman–Crippen MR) is 103 cm³/mol. The Kier molecular flexibility index (Phi) is 6.08. The summed E-state index contributed by atoms with van der Waals surface area (Å²) in [5, 5.41) is 6.58. The third kappa shape index (κ3) is 4.72. The van der Waals surface area contributed by atoms with Gasteiger partial charge in [-0.3, -0.25) is 10.1 Å². The average Bonchev–Trinajstić information content (AvgIpc) is 2.62. The Bertz CT molecular complexity index is 805. The molecule has 6 nitrogen and oxygen atoms in total. The summed E-state index contributed by atoms with van der Waals surface area (Å²) in [6, 6.07) is 7.49. The first kappa shape index (κ1) is 18.6. The lowest BCUT2D eigenvalue weighted by Gasteiger charge is -2.23. The van der Waals surface area contributed by atoms with Crippen LogP contribution in [-0.2, 0) is 4.79 Å². The summed E-state index contributed by atoms with van der Waals surface area (Å²) in [6.45, 7) is 3.61. The van der Waals surface area contributed by atoms with Crippen molar-refractivity contribution in [3.63, 3.8) is 0 Å². The number of nitrogens with zero attached hydrogens (tertiary/aromatic N) is 2. The van der Waals surface area contributed by atoms with E-state index in [9.17, 15) is 9.59 Å².